The van der Waals surface area contributed by atoms with Gasteiger partial charge in [-0.15, -0.1) is 0 Å². The normalized spacial score (nSPS) is 9.57. The topological polar surface area (TPSA) is 41.1 Å². The fraction of sp³-hybridized carbons (Fsp3) is 0.300. The minimum atomic E-state index is -0.136. The van der Waals surface area contributed by atoms with Crippen LogP contribution in [0.1, 0.15) is 12.5 Å². The van der Waals surface area contributed by atoms with Crippen molar-refractivity contribution in [2.75, 3.05) is 6.54 Å². The second kappa shape index (κ2) is 5.65. The van der Waals surface area contributed by atoms with Gasteiger partial charge in [0.2, 0.25) is 0 Å². The van der Waals surface area contributed by atoms with E-state index in [0.29, 0.717) is 13.1 Å². The van der Waals surface area contributed by atoms with E-state index in [4.69, 9.17) is 0 Å². The SMILES string of the molecule is CCNC(=O)NCc1ccccc1Br. The van der Waals surface area contributed by atoms with Gasteiger partial charge < -0.3 is 10.6 Å². The summed E-state index contributed by atoms with van der Waals surface area (Å²) in [4.78, 5) is 11.1. The number of amides is 2. The number of urea groups is 1. The van der Waals surface area contributed by atoms with E-state index in [9.17, 15) is 4.79 Å². The molecule has 0 aliphatic rings. The Hall–Kier alpha value is -1.03. The maximum absolute atomic E-state index is 11.1. The molecule has 0 spiro atoms. The van der Waals surface area contributed by atoms with Crippen LogP contribution in [0, 0.1) is 0 Å². The van der Waals surface area contributed by atoms with Crippen LogP contribution in [0.4, 0.5) is 4.79 Å². The highest BCUT2D eigenvalue weighted by molar-refractivity contribution is 9.10. The lowest BCUT2D eigenvalue weighted by Crippen LogP contribution is -2.34. The Morgan fingerprint density at radius 2 is 2.07 bits per heavy atom. The number of hydrogen-bond donors (Lipinski definition) is 2. The standard InChI is InChI=1S/C10H13BrN2O/c1-2-12-10(14)13-7-8-5-3-4-6-9(8)11/h3-6H,2,7H2,1H3,(H2,12,13,14). The second-order valence-corrected chi connectivity index (χ2v) is 3.66. The number of halogens is 1. The first-order valence-electron chi connectivity index (χ1n) is 4.49. The minimum Gasteiger partial charge on any atom is -0.338 e. The molecule has 0 saturated heterocycles. The lowest BCUT2D eigenvalue weighted by atomic mass is 10.2. The zero-order valence-electron chi connectivity index (χ0n) is 8.01. The summed E-state index contributed by atoms with van der Waals surface area (Å²) in [5, 5.41) is 5.43. The van der Waals surface area contributed by atoms with Crippen LogP contribution >= 0.6 is 15.9 Å². The van der Waals surface area contributed by atoms with Crippen molar-refractivity contribution in [2.24, 2.45) is 0 Å². The first-order chi connectivity index (χ1) is 6.74. The van der Waals surface area contributed by atoms with E-state index in [1.165, 1.54) is 0 Å². The third-order valence-electron chi connectivity index (χ3n) is 1.73. The molecule has 1 rings (SSSR count). The summed E-state index contributed by atoms with van der Waals surface area (Å²) in [6.45, 7) is 3.06. The van der Waals surface area contributed by atoms with Gasteiger partial charge in [-0.2, -0.15) is 0 Å². The van der Waals surface area contributed by atoms with Crippen molar-refractivity contribution in [3.63, 3.8) is 0 Å². The number of rotatable bonds is 3. The Bertz CT molecular complexity index is 315. The average Bonchev–Trinajstić information content (AvgIpc) is 2.17. The predicted octanol–water partition coefficient (Wildman–Crippen LogP) is 2.27. The molecule has 0 bridgehead atoms. The van der Waals surface area contributed by atoms with Crippen molar-refractivity contribution >= 4 is 22.0 Å². The average molecular weight is 257 g/mol. The number of carbonyl (C=O) groups excluding carboxylic acids is 1. The maximum Gasteiger partial charge on any atom is 0.315 e. The van der Waals surface area contributed by atoms with Crippen molar-refractivity contribution in [2.45, 2.75) is 13.5 Å². The van der Waals surface area contributed by atoms with Gasteiger partial charge in [-0.25, -0.2) is 4.79 Å². The Balaban J connectivity index is 2.46. The van der Waals surface area contributed by atoms with Crippen LogP contribution in [0.5, 0.6) is 0 Å². The van der Waals surface area contributed by atoms with Crippen molar-refractivity contribution in [1.82, 2.24) is 10.6 Å². The van der Waals surface area contributed by atoms with Crippen molar-refractivity contribution in [3.05, 3.63) is 34.3 Å². The van der Waals surface area contributed by atoms with Gasteiger partial charge in [0, 0.05) is 17.6 Å². The van der Waals surface area contributed by atoms with E-state index in [1.807, 2.05) is 31.2 Å². The highest BCUT2D eigenvalue weighted by Crippen LogP contribution is 2.14. The van der Waals surface area contributed by atoms with Crippen molar-refractivity contribution < 1.29 is 4.79 Å². The second-order valence-electron chi connectivity index (χ2n) is 2.80. The number of nitrogens with one attached hydrogen (secondary N) is 2. The molecule has 4 heteroatoms. The first-order valence-corrected chi connectivity index (χ1v) is 5.28. The zero-order valence-corrected chi connectivity index (χ0v) is 9.60. The highest BCUT2D eigenvalue weighted by atomic mass is 79.9. The highest BCUT2D eigenvalue weighted by Gasteiger charge is 2.00. The van der Waals surface area contributed by atoms with Gasteiger partial charge in [-0.1, -0.05) is 34.1 Å². The largest absolute Gasteiger partial charge is 0.338 e. The quantitative estimate of drug-likeness (QED) is 0.856. The molecule has 0 aliphatic heterocycles. The van der Waals surface area contributed by atoms with Gasteiger partial charge in [-0.05, 0) is 18.6 Å². The van der Waals surface area contributed by atoms with Crippen LogP contribution < -0.4 is 10.6 Å². The van der Waals surface area contributed by atoms with Crippen LogP contribution in [0.2, 0.25) is 0 Å². The van der Waals surface area contributed by atoms with Crippen LogP contribution in [0.15, 0.2) is 28.7 Å². The monoisotopic (exact) mass is 256 g/mol. The summed E-state index contributed by atoms with van der Waals surface area (Å²) in [5.41, 5.74) is 1.07. The van der Waals surface area contributed by atoms with Crippen LogP contribution in [0.25, 0.3) is 0 Å². The Morgan fingerprint density at radius 1 is 1.36 bits per heavy atom. The molecule has 0 heterocycles. The van der Waals surface area contributed by atoms with Gasteiger partial charge in [0.05, 0.1) is 0 Å². The van der Waals surface area contributed by atoms with Gasteiger partial charge >= 0.3 is 6.03 Å². The molecule has 3 nitrogen and oxygen atoms in total. The summed E-state index contributed by atoms with van der Waals surface area (Å²) >= 11 is 3.41. The number of carbonyl (C=O) groups is 1. The molecule has 1 aromatic carbocycles. The first kappa shape index (κ1) is 11.0. The van der Waals surface area contributed by atoms with E-state index in [2.05, 4.69) is 26.6 Å². The molecule has 14 heavy (non-hydrogen) atoms. The van der Waals surface area contributed by atoms with Gasteiger partial charge in [0.25, 0.3) is 0 Å². The molecule has 0 unspecified atom stereocenters. The van der Waals surface area contributed by atoms with Gasteiger partial charge in [0.15, 0.2) is 0 Å². The maximum atomic E-state index is 11.1. The predicted molar refractivity (Wildman–Crippen MR) is 60.1 cm³/mol. The molecule has 0 aromatic heterocycles. The van der Waals surface area contributed by atoms with E-state index < -0.39 is 0 Å². The van der Waals surface area contributed by atoms with E-state index >= 15 is 0 Å². The molecule has 0 aliphatic carbocycles. The smallest absolute Gasteiger partial charge is 0.315 e. The molecule has 0 fully saturated rings. The summed E-state index contributed by atoms with van der Waals surface area (Å²) < 4.78 is 1.01. The fourth-order valence-electron chi connectivity index (χ4n) is 1.04. The molecular formula is C10H13BrN2O. The van der Waals surface area contributed by atoms with Crippen molar-refractivity contribution in [3.8, 4) is 0 Å². The van der Waals surface area contributed by atoms with Gasteiger partial charge in [-0.3, -0.25) is 0 Å². The van der Waals surface area contributed by atoms with Crippen LogP contribution in [0.3, 0.4) is 0 Å². The van der Waals surface area contributed by atoms with Crippen molar-refractivity contribution in [1.29, 1.82) is 0 Å². The summed E-state index contributed by atoms with van der Waals surface area (Å²) in [5.74, 6) is 0. The van der Waals surface area contributed by atoms with Gasteiger partial charge in [0.1, 0.15) is 0 Å². The molecule has 0 radical (unpaired) electrons. The molecule has 0 saturated carbocycles. The van der Waals surface area contributed by atoms with Crippen LogP contribution in [-0.2, 0) is 6.54 Å². The fourth-order valence-corrected chi connectivity index (χ4v) is 1.47. The summed E-state index contributed by atoms with van der Waals surface area (Å²) in [6, 6.07) is 7.67. The summed E-state index contributed by atoms with van der Waals surface area (Å²) in [6.07, 6.45) is 0. The van der Waals surface area contributed by atoms with Crippen LogP contribution in [-0.4, -0.2) is 12.6 Å². The van der Waals surface area contributed by atoms with E-state index in [1.54, 1.807) is 0 Å². The molecule has 76 valence electrons. The Morgan fingerprint density at radius 3 is 2.71 bits per heavy atom. The lowest BCUT2D eigenvalue weighted by molar-refractivity contribution is 0.241. The molecular weight excluding hydrogens is 244 g/mol. The van der Waals surface area contributed by atoms with E-state index in [0.717, 1.165) is 10.0 Å². The molecule has 2 amide bonds. The Kier molecular flexibility index (Phi) is 4.46. The molecule has 2 N–H and O–H groups in total. The third kappa shape index (κ3) is 3.38. The molecule has 1 aromatic rings. The number of hydrogen-bond acceptors (Lipinski definition) is 1. The third-order valence-corrected chi connectivity index (χ3v) is 2.51. The number of benzene rings is 1. The minimum absolute atomic E-state index is 0.136. The zero-order chi connectivity index (χ0) is 10.4. The Labute approximate surface area is 92.0 Å². The lowest BCUT2D eigenvalue weighted by Gasteiger charge is -2.06. The van der Waals surface area contributed by atoms with E-state index in [-0.39, 0.29) is 6.03 Å². The summed E-state index contributed by atoms with van der Waals surface area (Å²) in [7, 11) is 0. The molecule has 0 atom stereocenters.